The van der Waals surface area contributed by atoms with E-state index < -0.39 is 0 Å². The maximum atomic E-state index is 11.9. The molecule has 1 amide bonds. The quantitative estimate of drug-likeness (QED) is 0.593. The van der Waals surface area contributed by atoms with Crippen molar-refractivity contribution in [3.8, 4) is 0 Å². The summed E-state index contributed by atoms with van der Waals surface area (Å²) in [6.45, 7) is 0.556. The van der Waals surface area contributed by atoms with Crippen molar-refractivity contribution < 1.29 is 14.3 Å². The molecule has 0 aromatic carbocycles. The highest BCUT2D eigenvalue weighted by molar-refractivity contribution is 14.1. The van der Waals surface area contributed by atoms with Gasteiger partial charge in [-0.05, 0) is 35.1 Å². The summed E-state index contributed by atoms with van der Waals surface area (Å²) in [7, 11) is 3.11. The first-order valence-corrected chi connectivity index (χ1v) is 7.06. The van der Waals surface area contributed by atoms with Crippen molar-refractivity contribution in [2.45, 2.75) is 12.8 Å². The summed E-state index contributed by atoms with van der Waals surface area (Å²) in [5.41, 5.74) is 0.708. The number of hydrogen-bond donors (Lipinski definition) is 0. The third-order valence-corrected chi connectivity index (χ3v) is 4.05. The molecular weight excluding hydrogens is 353 g/mol. The highest BCUT2D eigenvalue weighted by atomic mass is 127. The average molecular weight is 367 g/mol. The molecule has 0 atom stereocenters. The monoisotopic (exact) mass is 367 g/mol. The molecule has 94 valence electrons. The SMILES string of the molecule is COC(=O)CCCN(C)C(=O)c1csc(I)c1. The van der Waals surface area contributed by atoms with Crippen molar-refractivity contribution in [3.05, 3.63) is 19.9 Å². The Balaban J connectivity index is 2.40. The van der Waals surface area contributed by atoms with E-state index in [1.807, 2.05) is 11.4 Å². The van der Waals surface area contributed by atoms with Crippen LogP contribution in [0, 0.1) is 2.88 Å². The predicted octanol–water partition coefficient (Wildman–Crippen LogP) is 2.38. The summed E-state index contributed by atoms with van der Waals surface area (Å²) in [4.78, 5) is 24.5. The minimum atomic E-state index is -0.240. The van der Waals surface area contributed by atoms with Gasteiger partial charge in [0.1, 0.15) is 0 Å². The van der Waals surface area contributed by atoms with Crippen LogP contribution in [0.1, 0.15) is 23.2 Å². The molecule has 0 radical (unpaired) electrons. The number of ether oxygens (including phenoxy) is 1. The van der Waals surface area contributed by atoms with Crippen LogP contribution in [0.5, 0.6) is 0 Å². The zero-order valence-electron chi connectivity index (χ0n) is 9.73. The van der Waals surface area contributed by atoms with Crippen molar-refractivity contribution in [1.82, 2.24) is 4.90 Å². The fourth-order valence-corrected chi connectivity index (χ4v) is 2.63. The molecule has 0 N–H and O–H groups in total. The molecule has 4 nitrogen and oxygen atoms in total. The molecule has 1 aromatic heterocycles. The fourth-order valence-electron chi connectivity index (χ4n) is 1.31. The van der Waals surface area contributed by atoms with Gasteiger partial charge in [-0.3, -0.25) is 9.59 Å². The van der Waals surface area contributed by atoms with Crippen molar-refractivity contribution >= 4 is 45.8 Å². The molecule has 17 heavy (non-hydrogen) atoms. The van der Waals surface area contributed by atoms with Crippen LogP contribution in [-0.4, -0.2) is 37.5 Å². The van der Waals surface area contributed by atoms with Crippen molar-refractivity contribution in [2.24, 2.45) is 0 Å². The van der Waals surface area contributed by atoms with Gasteiger partial charge in [0, 0.05) is 25.4 Å². The van der Waals surface area contributed by atoms with Gasteiger partial charge in [0.05, 0.1) is 15.6 Å². The van der Waals surface area contributed by atoms with E-state index in [2.05, 4.69) is 27.3 Å². The van der Waals surface area contributed by atoms with Gasteiger partial charge in [-0.1, -0.05) is 0 Å². The number of nitrogens with zero attached hydrogens (tertiary/aromatic N) is 1. The summed E-state index contributed by atoms with van der Waals surface area (Å²) >= 11 is 3.73. The van der Waals surface area contributed by atoms with Gasteiger partial charge < -0.3 is 9.64 Å². The number of carbonyl (C=O) groups excluding carboxylic acids is 2. The lowest BCUT2D eigenvalue weighted by molar-refractivity contribution is -0.140. The summed E-state index contributed by atoms with van der Waals surface area (Å²) < 4.78 is 5.63. The number of esters is 1. The van der Waals surface area contributed by atoms with Crippen LogP contribution < -0.4 is 0 Å². The summed E-state index contributed by atoms with van der Waals surface area (Å²) in [6, 6.07) is 1.87. The van der Waals surface area contributed by atoms with Crippen LogP contribution in [0.15, 0.2) is 11.4 Å². The molecule has 0 spiro atoms. The Labute approximate surface area is 118 Å². The van der Waals surface area contributed by atoms with Gasteiger partial charge in [-0.15, -0.1) is 11.3 Å². The lowest BCUT2D eigenvalue weighted by atomic mass is 10.2. The number of halogens is 1. The molecule has 0 aliphatic carbocycles. The van der Waals surface area contributed by atoms with Crippen LogP contribution in [0.3, 0.4) is 0 Å². The minimum Gasteiger partial charge on any atom is -0.469 e. The molecular formula is C11H14INO3S. The molecule has 0 bridgehead atoms. The highest BCUT2D eigenvalue weighted by Crippen LogP contribution is 2.17. The van der Waals surface area contributed by atoms with Crippen molar-refractivity contribution in [2.75, 3.05) is 20.7 Å². The lowest BCUT2D eigenvalue weighted by Crippen LogP contribution is -2.27. The Morgan fingerprint density at radius 3 is 2.76 bits per heavy atom. The topological polar surface area (TPSA) is 46.6 Å². The third kappa shape index (κ3) is 4.63. The van der Waals surface area contributed by atoms with E-state index in [0.717, 1.165) is 2.88 Å². The van der Waals surface area contributed by atoms with Gasteiger partial charge in [-0.25, -0.2) is 0 Å². The van der Waals surface area contributed by atoms with Gasteiger partial charge >= 0.3 is 5.97 Å². The van der Waals surface area contributed by atoms with Gasteiger partial charge in [-0.2, -0.15) is 0 Å². The van der Waals surface area contributed by atoms with E-state index in [-0.39, 0.29) is 11.9 Å². The van der Waals surface area contributed by atoms with E-state index in [1.54, 1.807) is 23.3 Å². The van der Waals surface area contributed by atoms with Crippen molar-refractivity contribution in [1.29, 1.82) is 0 Å². The molecule has 0 saturated carbocycles. The average Bonchev–Trinajstić information content (AvgIpc) is 2.74. The number of rotatable bonds is 5. The number of thiophene rings is 1. The number of methoxy groups -OCH3 is 1. The molecule has 6 heteroatoms. The number of hydrogen-bond acceptors (Lipinski definition) is 4. The number of carbonyl (C=O) groups is 2. The van der Waals surface area contributed by atoms with Crippen LogP contribution in [0.2, 0.25) is 0 Å². The maximum absolute atomic E-state index is 11.9. The highest BCUT2D eigenvalue weighted by Gasteiger charge is 2.13. The first kappa shape index (κ1) is 14.4. The summed E-state index contributed by atoms with van der Waals surface area (Å²) in [6.07, 6.45) is 0.964. The second-order valence-corrected chi connectivity index (χ2v) is 6.35. The first-order chi connectivity index (χ1) is 8.04. The largest absolute Gasteiger partial charge is 0.469 e. The molecule has 1 rings (SSSR count). The van der Waals surface area contributed by atoms with Crippen molar-refractivity contribution in [3.63, 3.8) is 0 Å². The second-order valence-electron chi connectivity index (χ2n) is 3.55. The Bertz CT molecular complexity index is 405. The standard InChI is InChI=1S/C11H14INO3S/c1-13(5-3-4-10(14)16-2)11(15)8-6-9(12)17-7-8/h6-7H,3-5H2,1-2H3. The third-order valence-electron chi connectivity index (χ3n) is 2.26. The molecule has 1 aromatic rings. The Hall–Kier alpha value is -0.630. The first-order valence-electron chi connectivity index (χ1n) is 5.11. The second kappa shape index (κ2) is 6.95. The van der Waals surface area contributed by atoms with Gasteiger partial charge in [0.2, 0.25) is 0 Å². The normalized spacial score (nSPS) is 10.1. The molecule has 0 aliphatic heterocycles. The zero-order chi connectivity index (χ0) is 12.8. The van der Waals surface area contributed by atoms with Gasteiger partial charge in [0.15, 0.2) is 0 Å². The minimum absolute atomic E-state index is 0.00553. The Morgan fingerprint density at radius 1 is 1.53 bits per heavy atom. The molecule has 0 aliphatic rings. The Kier molecular flexibility index (Phi) is 5.90. The van der Waals surface area contributed by atoms with Crippen LogP contribution in [-0.2, 0) is 9.53 Å². The zero-order valence-corrected chi connectivity index (χ0v) is 12.7. The van der Waals surface area contributed by atoms with E-state index >= 15 is 0 Å². The fraction of sp³-hybridized carbons (Fsp3) is 0.455. The molecule has 0 saturated heterocycles. The molecule has 0 unspecified atom stereocenters. The smallest absolute Gasteiger partial charge is 0.305 e. The van der Waals surface area contributed by atoms with E-state index in [1.165, 1.54) is 7.11 Å². The predicted molar refractivity (Wildman–Crippen MR) is 75.2 cm³/mol. The van der Waals surface area contributed by atoms with E-state index in [9.17, 15) is 9.59 Å². The van der Waals surface area contributed by atoms with Gasteiger partial charge in [0.25, 0.3) is 5.91 Å². The van der Waals surface area contributed by atoms with Crippen LogP contribution >= 0.6 is 33.9 Å². The molecule has 1 heterocycles. The lowest BCUT2D eigenvalue weighted by Gasteiger charge is -2.15. The Morgan fingerprint density at radius 2 is 2.24 bits per heavy atom. The van der Waals surface area contributed by atoms with E-state index in [4.69, 9.17) is 0 Å². The van der Waals surface area contributed by atoms with E-state index in [0.29, 0.717) is 24.9 Å². The summed E-state index contributed by atoms with van der Waals surface area (Å²) in [5, 5.41) is 1.85. The van der Waals surface area contributed by atoms with Crippen LogP contribution in [0.4, 0.5) is 0 Å². The molecule has 0 fully saturated rings. The maximum Gasteiger partial charge on any atom is 0.305 e. The van der Waals surface area contributed by atoms with Crippen LogP contribution in [0.25, 0.3) is 0 Å². The number of amides is 1. The summed E-state index contributed by atoms with van der Waals surface area (Å²) in [5.74, 6) is -0.245.